The fraction of sp³-hybridized carbons (Fsp3) is 0.286. The topological polar surface area (TPSA) is 29.5 Å². The first-order chi connectivity index (χ1) is 8.58. The Morgan fingerprint density at radius 2 is 2.06 bits per heavy atom. The van der Waals surface area contributed by atoms with E-state index in [4.69, 9.17) is 4.74 Å². The van der Waals surface area contributed by atoms with Crippen molar-refractivity contribution < 1.29 is 14.2 Å². The number of phenols is 1. The second-order valence-electron chi connectivity index (χ2n) is 4.16. The Hall–Kier alpha value is -1.29. The summed E-state index contributed by atoms with van der Waals surface area (Å²) in [5, 5.41) is 11.4. The van der Waals surface area contributed by atoms with Crippen molar-refractivity contribution in [3.63, 3.8) is 0 Å². The van der Waals surface area contributed by atoms with Gasteiger partial charge in [-0.1, -0.05) is 13.3 Å². The van der Waals surface area contributed by atoms with Gasteiger partial charge in [0, 0.05) is 5.39 Å². The summed E-state index contributed by atoms with van der Waals surface area (Å²) >= 11 is 3.36. The standard InChI is InChI=1S/C14H14BrFO2/c1-3-4-8-5-9-6-12(18-2)11(16)7-10(9)14(17)13(8)15/h5-7,17H,3-4H2,1-2H3. The lowest BCUT2D eigenvalue weighted by molar-refractivity contribution is 0.387. The van der Waals surface area contributed by atoms with Crippen LogP contribution < -0.4 is 4.74 Å². The van der Waals surface area contributed by atoms with Crippen molar-refractivity contribution in [2.45, 2.75) is 19.8 Å². The molecule has 0 heterocycles. The van der Waals surface area contributed by atoms with Crippen molar-refractivity contribution in [1.82, 2.24) is 0 Å². The molecular formula is C14H14BrFO2. The van der Waals surface area contributed by atoms with Crippen LogP contribution in [0.5, 0.6) is 11.5 Å². The molecule has 0 aromatic heterocycles. The van der Waals surface area contributed by atoms with Gasteiger partial charge in [-0.2, -0.15) is 0 Å². The summed E-state index contributed by atoms with van der Waals surface area (Å²) in [6.45, 7) is 2.07. The Labute approximate surface area is 114 Å². The van der Waals surface area contributed by atoms with Gasteiger partial charge in [0.2, 0.25) is 0 Å². The number of methoxy groups -OCH3 is 1. The highest BCUT2D eigenvalue weighted by molar-refractivity contribution is 9.10. The van der Waals surface area contributed by atoms with Crippen molar-refractivity contribution in [3.8, 4) is 11.5 Å². The molecule has 0 bridgehead atoms. The Balaban J connectivity index is 2.74. The summed E-state index contributed by atoms with van der Waals surface area (Å²) in [7, 11) is 1.43. The van der Waals surface area contributed by atoms with Crippen molar-refractivity contribution in [2.75, 3.05) is 7.11 Å². The van der Waals surface area contributed by atoms with Gasteiger partial charge in [0.15, 0.2) is 11.6 Å². The molecule has 0 radical (unpaired) electrons. The Morgan fingerprint density at radius 3 is 2.67 bits per heavy atom. The van der Waals surface area contributed by atoms with Crippen LogP contribution in [0.2, 0.25) is 0 Å². The van der Waals surface area contributed by atoms with E-state index in [9.17, 15) is 9.50 Å². The predicted molar refractivity (Wildman–Crippen MR) is 73.8 cm³/mol. The summed E-state index contributed by atoms with van der Waals surface area (Å²) in [5.74, 6) is -0.209. The molecule has 18 heavy (non-hydrogen) atoms. The van der Waals surface area contributed by atoms with E-state index in [0.29, 0.717) is 9.86 Å². The van der Waals surface area contributed by atoms with Gasteiger partial charge in [-0.25, -0.2) is 4.39 Å². The molecule has 4 heteroatoms. The summed E-state index contributed by atoms with van der Waals surface area (Å²) in [6.07, 6.45) is 1.83. The third-order valence-electron chi connectivity index (χ3n) is 2.92. The first-order valence-electron chi connectivity index (χ1n) is 5.76. The zero-order valence-electron chi connectivity index (χ0n) is 10.3. The maximum atomic E-state index is 13.6. The zero-order valence-corrected chi connectivity index (χ0v) is 11.8. The van der Waals surface area contributed by atoms with E-state index in [1.165, 1.54) is 13.2 Å². The number of rotatable bonds is 3. The molecule has 0 saturated heterocycles. The van der Waals surface area contributed by atoms with Crippen molar-refractivity contribution in [2.24, 2.45) is 0 Å². The lowest BCUT2D eigenvalue weighted by Gasteiger charge is -2.11. The van der Waals surface area contributed by atoms with Crippen LogP contribution in [0.25, 0.3) is 10.8 Å². The first-order valence-corrected chi connectivity index (χ1v) is 6.55. The van der Waals surface area contributed by atoms with Crippen molar-refractivity contribution >= 4 is 26.7 Å². The molecule has 0 spiro atoms. The second-order valence-corrected chi connectivity index (χ2v) is 4.95. The highest BCUT2D eigenvalue weighted by atomic mass is 79.9. The van der Waals surface area contributed by atoms with Gasteiger partial charge in [0.1, 0.15) is 5.75 Å². The molecule has 0 aliphatic heterocycles. The minimum Gasteiger partial charge on any atom is -0.506 e. The molecule has 0 atom stereocenters. The molecule has 0 amide bonds. The van der Waals surface area contributed by atoms with Crippen LogP contribution in [-0.4, -0.2) is 12.2 Å². The van der Waals surface area contributed by atoms with Crippen LogP contribution >= 0.6 is 15.9 Å². The minimum atomic E-state index is -0.476. The molecule has 2 aromatic rings. The van der Waals surface area contributed by atoms with Crippen molar-refractivity contribution in [3.05, 3.63) is 34.1 Å². The molecule has 2 aromatic carbocycles. The number of aryl methyl sites for hydroxylation is 1. The second kappa shape index (κ2) is 5.14. The number of fused-ring (bicyclic) bond motifs is 1. The average molecular weight is 313 g/mol. The van der Waals surface area contributed by atoms with Crippen LogP contribution in [0.1, 0.15) is 18.9 Å². The van der Waals surface area contributed by atoms with Crippen LogP contribution in [0, 0.1) is 5.82 Å². The molecule has 2 rings (SSSR count). The van der Waals surface area contributed by atoms with Gasteiger partial charge in [-0.3, -0.25) is 0 Å². The summed E-state index contributed by atoms with van der Waals surface area (Å²) in [5.41, 5.74) is 1.01. The summed E-state index contributed by atoms with van der Waals surface area (Å²) < 4.78 is 19.2. The lowest BCUT2D eigenvalue weighted by Crippen LogP contribution is -1.91. The van der Waals surface area contributed by atoms with Crippen molar-refractivity contribution in [1.29, 1.82) is 0 Å². The monoisotopic (exact) mass is 312 g/mol. The normalized spacial score (nSPS) is 10.9. The molecule has 0 fully saturated rings. The predicted octanol–water partition coefficient (Wildman–Crippen LogP) is 4.41. The Morgan fingerprint density at radius 1 is 1.33 bits per heavy atom. The van der Waals surface area contributed by atoms with E-state index in [1.807, 2.05) is 6.07 Å². The largest absolute Gasteiger partial charge is 0.506 e. The molecule has 96 valence electrons. The van der Waals surface area contributed by atoms with E-state index in [0.717, 1.165) is 23.8 Å². The fourth-order valence-corrected chi connectivity index (χ4v) is 2.55. The number of halogens is 2. The van der Waals surface area contributed by atoms with E-state index < -0.39 is 5.82 Å². The van der Waals surface area contributed by atoms with Gasteiger partial charge in [0.25, 0.3) is 0 Å². The molecule has 0 aliphatic carbocycles. The quantitative estimate of drug-likeness (QED) is 0.909. The van der Waals surface area contributed by atoms with E-state index in [1.54, 1.807) is 6.07 Å². The minimum absolute atomic E-state index is 0.0810. The number of ether oxygens (including phenoxy) is 1. The highest BCUT2D eigenvalue weighted by Crippen LogP contribution is 2.38. The SMILES string of the molecule is CCCc1cc2cc(OC)c(F)cc2c(O)c1Br. The van der Waals surface area contributed by atoms with E-state index in [-0.39, 0.29) is 11.5 Å². The van der Waals surface area contributed by atoms with Crippen LogP contribution in [0.15, 0.2) is 22.7 Å². The molecule has 1 N–H and O–H groups in total. The molecule has 0 saturated carbocycles. The third-order valence-corrected chi connectivity index (χ3v) is 3.80. The van der Waals surface area contributed by atoms with Gasteiger partial charge in [-0.15, -0.1) is 0 Å². The van der Waals surface area contributed by atoms with Crippen LogP contribution in [-0.2, 0) is 6.42 Å². The highest BCUT2D eigenvalue weighted by Gasteiger charge is 2.13. The zero-order chi connectivity index (χ0) is 13.3. The first kappa shape index (κ1) is 13.1. The smallest absolute Gasteiger partial charge is 0.165 e. The summed E-state index contributed by atoms with van der Waals surface area (Å²) in [4.78, 5) is 0. The Kier molecular flexibility index (Phi) is 3.76. The number of phenolic OH excluding ortho intramolecular Hbond substituents is 1. The molecule has 0 aliphatic rings. The van der Waals surface area contributed by atoms with Crippen LogP contribution in [0.3, 0.4) is 0 Å². The number of aromatic hydroxyl groups is 1. The van der Waals surface area contributed by atoms with Gasteiger partial charge < -0.3 is 9.84 Å². The molecular weight excluding hydrogens is 299 g/mol. The van der Waals surface area contributed by atoms with E-state index in [2.05, 4.69) is 22.9 Å². The summed E-state index contributed by atoms with van der Waals surface area (Å²) in [6, 6.07) is 4.85. The van der Waals surface area contributed by atoms with Gasteiger partial charge in [-0.05, 0) is 51.5 Å². The molecule has 2 nitrogen and oxygen atoms in total. The van der Waals surface area contributed by atoms with Gasteiger partial charge >= 0.3 is 0 Å². The van der Waals surface area contributed by atoms with Gasteiger partial charge in [0.05, 0.1) is 11.6 Å². The third kappa shape index (κ3) is 2.17. The molecule has 0 unspecified atom stereocenters. The number of hydrogen-bond acceptors (Lipinski definition) is 2. The Bertz CT molecular complexity index is 596. The number of benzene rings is 2. The number of hydrogen-bond donors (Lipinski definition) is 1. The maximum Gasteiger partial charge on any atom is 0.165 e. The average Bonchev–Trinajstić information content (AvgIpc) is 2.36. The lowest BCUT2D eigenvalue weighted by atomic mass is 10.0. The fourth-order valence-electron chi connectivity index (χ4n) is 2.02. The van der Waals surface area contributed by atoms with Crippen LogP contribution in [0.4, 0.5) is 4.39 Å². The van der Waals surface area contributed by atoms with E-state index >= 15 is 0 Å². The maximum absolute atomic E-state index is 13.6.